The van der Waals surface area contributed by atoms with Gasteiger partial charge in [-0.15, -0.1) is 0 Å². The standard InChI is InChI=1S/C25H27N3O6S/c1-4-28(17-24(29)26-19-8-7-9-20(16-19)33-2)25(30)18-12-14-21(15-13-18)35(31,32)27-22-10-5-6-11-23(22)34-3/h5-16,27H,4,17H2,1-3H3,(H,26,29). The van der Waals surface area contributed by atoms with Crippen molar-refractivity contribution in [2.45, 2.75) is 11.8 Å². The third-order valence-corrected chi connectivity index (χ3v) is 6.50. The first-order valence-corrected chi connectivity index (χ1v) is 12.2. The van der Waals surface area contributed by atoms with E-state index in [0.29, 0.717) is 29.4 Å². The number of hydrogen-bond acceptors (Lipinski definition) is 6. The van der Waals surface area contributed by atoms with E-state index in [4.69, 9.17) is 9.47 Å². The van der Waals surface area contributed by atoms with Crippen LogP contribution in [-0.4, -0.2) is 52.4 Å². The number of carbonyl (C=O) groups excluding carboxylic acids is 2. The van der Waals surface area contributed by atoms with Crippen molar-refractivity contribution in [3.63, 3.8) is 0 Å². The van der Waals surface area contributed by atoms with E-state index in [0.717, 1.165) is 0 Å². The Morgan fingerprint density at radius 1 is 0.914 bits per heavy atom. The summed E-state index contributed by atoms with van der Waals surface area (Å²) in [5.41, 5.74) is 1.11. The number of nitrogens with one attached hydrogen (secondary N) is 2. The van der Waals surface area contributed by atoms with Crippen LogP contribution >= 0.6 is 0 Å². The number of nitrogens with zero attached hydrogens (tertiary/aromatic N) is 1. The van der Waals surface area contributed by atoms with Crippen LogP contribution < -0.4 is 19.5 Å². The predicted octanol–water partition coefficient (Wildman–Crippen LogP) is 3.61. The maximum absolute atomic E-state index is 12.9. The van der Waals surface area contributed by atoms with E-state index in [2.05, 4.69) is 10.0 Å². The topological polar surface area (TPSA) is 114 Å². The molecule has 3 rings (SSSR count). The molecule has 0 unspecified atom stereocenters. The van der Waals surface area contributed by atoms with Crippen LogP contribution in [0.4, 0.5) is 11.4 Å². The number of para-hydroxylation sites is 2. The molecule has 2 amide bonds. The highest BCUT2D eigenvalue weighted by molar-refractivity contribution is 7.92. The fraction of sp³-hybridized carbons (Fsp3) is 0.200. The SMILES string of the molecule is CCN(CC(=O)Nc1cccc(OC)c1)C(=O)c1ccc(S(=O)(=O)Nc2ccccc2OC)cc1. The van der Waals surface area contributed by atoms with Crippen molar-refractivity contribution in [1.82, 2.24) is 4.90 Å². The van der Waals surface area contributed by atoms with Crippen molar-refractivity contribution < 1.29 is 27.5 Å². The third kappa shape index (κ3) is 6.51. The molecule has 3 aromatic carbocycles. The Balaban J connectivity index is 1.68. The number of rotatable bonds is 10. The number of hydrogen-bond donors (Lipinski definition) is 2. The number of methoxy groups -OCH3 is 2. The highest BCUT2D eigenvalue weighted by Crippen LogP contribution is 2.26. The van der Waals surface area contributed by atoms with Crippen molar-refractivity contribution in [2.24, 2.45) is 0 Å². The van der Waals surface area contributed by atoms with E-state index >= 15 is 0 Å². The molecule has 35 heavy (non-hydrogen) atoms. The number of carbonyl (C=O) groups is 2. The highest BCUT2D eigenvalue weighted by Gasteiger charge is 2.20. The maximum atomic E-state index is 12.9. The second kappa shape index (κ2) is 11.4. The Morgan fingerprint density at radius 3 is 2.29 bits per heavy atom. The molecular weight excluding hydrogens is 470 g/mol. The van der Waals surface area contributed by atoms with Gasteiger partial charge in [0.15, 0.2) is 0 Å². The van der Waals surface area contributed by atoms with Gasteiger partial charge in [0.2, 0.25) is 5.91 Å². The van der Waals surface area contributed by atoms with Crippen LogP contribution in [0.15, 0.2) is 77.7 Å². The molecule has 0 spiro atoms. The minimum absolute atomic E-state index is 0.0150. The summed E-state index contributed by atoms with van der Waals surface area (Å²) in [6.07, 6.45) is 0. The fourth-order valence-corrected chi connectivity index (χ4v) is 4.36. The van der Waals surface area contributed by atoms with Gasteiger partial charge >= 0.3 is 0 Å². The lowest BCUT2D eigenvalue weighted by atomic mass is 10.2. The first kappa shape index (κ1) is 25.6. The Morgan fingerprint density at radius 2 is 1.63 bits per heavy atom. The van der Waals surface area contributed by atoms with Crippen LogP contribution in [0.3, 0.4) is 0 Å². The Kier molecular flexibility index (Phi) is 8.32. The summed E-state index contributed by atoms with van der Waals surface area (Å²) in [4.78, 5) is 26.8. The average molecular weight is 498 g/mol. The Bertz CT molecular complexity index is 1290. The maximum Gasteiger partial charge on any atom is 0.262 e. The summed E-state index contributed by atoms with van der Waals surface area (Å²) < 4.78 is 38.4. The zero-order valence-electron chi connectivity index (χ0n) is 19.6. The van der Waals surface area contributed by atoms with Gasteiger partial charge in [-0.05, 0) is 55.5 Å². The summed E-state index contributed by atoms with van der Waals surface area (Å²) >= 11 is 0. The molecular formula is C25H27N3O6S. The molecule has 0 aliphatic rings. The van der Waals surface area contributed by atoms with Gasteiger partial charge in [0.05, 0.1) is 24.8 Å². The van der Waals surface area contributed by atoms with Crippen LogP contribution in [0.1, 0.15) is 17.3 Å². The lowest BCUT2D eigenvalue weighted by Gasteiger charge is -2.20. The van der Waals surface area contributed by atoms with Crippen LogP contribution in [0.2, 0.25) is 0 Å². The summed E-state index contributed by atoms with van der Waals surface area (Å²) in [6, 6.07) is 19.1. The number of ether oxygens (including phenoxy) is 2. The first-order chi connectivity index (χ1) is 16.8. The molecule has 2 N–H and O–H groups in total. The van der Waals surface area contributed by atoms with E-state index in [9.17, 15) is 18.0 Å². The van der Waals surface area contributed by atoms with Gasteiger partial charge < -0.3 is 19.7 Å². The van der Waals surface area contributed by atoms with Crippen molar-refractivity contribution in [3.05, 3.63) is 78.4 Å². The molecule has 0 aliphatic carbocycles. The normalized spacial score (nSPS) is 10.8. The molecule has 3 aromatic rings. The van der Waals surface area contributed by atoms with Gasteiger partial charge in [-0.2, -0.15) is 0 Å². The van der Waals surface area contributed by atoms with Gasteiger partial charge in [-0.3, -0.25) is 14.3 Å². The van der Waals surface area contributed by atoms with Crippen LogP contribution in [0.25, 0.3) is 0 Å². The summed E-state index contributed by atoms with van der Waals surface area (Å²) in [7, 11) is -0.923. The van der Waals surface area contributed by atoms with Crippen LogP contribution in [0, 0.1) is 0 Å². The van der Waals surface area contributed by atoms with Crippen molar-refractivity contribution in [3.8, 4) is 11.5 Å². The van der Waals surface area contributed by atoms with Gasteiger partial charge in [0, 0.05) is 23.9 Å². The van der Waals surface area contributed by atoms with Crippen LogP contribution in [0.5, 0.6) is 11.5 Å². The third-order valence-electron chi connectivity index (χ3n) is 5.12. The zero-order valence-corrected chi connectivity index (χ0v) is 20.5. The Labute approximate surface area is 204 Å². The zero-order chi connectivity index (χ0) is 25.4. The molecule has 0 aliphatic heterocycles. The molecule has 0 aromatic heterocycles. The second-order valence-electron chi connectivity index (χ2n) is 7.43. The van der Waals surface area contributed by atoms with E-state index < -0.39 is 15.9 Å². The van der Waals surface area contributed by atoms with Gasteiger partial charge in [-0.1, -0.05) is 18.2 Å². The average Bonchev–Trinajstić information content (AvgIpc) is 2.87. The van der Waals surface area contributed by atoms with Crippen molar-refractivity contribution in [2.75, 3.05) is 37.3 Å². The number of sulfonamides is 1. The number of anilines is 2. The summed E-state index contributed by atoms with van der Waals surface area (Å²) in [5, 5.41) is 2.74. The molecule has 0 fully saturated rings. The monoisotopic (exact) mass is 497 g/mol. The van der Waals surface area contributed by atoms with Gasteiger partial charge in [0.1, 0.15) is 18.0 Å². The quantitative estimate of drug-likeness (QED) is 0.442. The van der Waals surface area contributed by atoms with Crippen molar-refractivity contribution in [1.29, 1.82) is 0 Å². The lowest BCUT2D eigenvalue weighted by molar-refractivity contribution is -0.116. The van der Waals surface area contributed by atoms with E-state index in [1.54, 1.807) is 55.5 Å². The number of likely N-dealkylation sites (N-methyl/N-ethyl adjacent to an activating group) is 1. The lowest BCUT2D eigenvalue weighted by Crippen LogP contribution is -2.37. The van der Waals surface area contributed by atoms with E-state index in [1.165, 1.54) is 43.4 Å². The largest absolute Gasteiger partial charge is 0.497 e. The molecule has 0 atom stereocenters. The van der Waals surface area contributed by atoms with Gasteiger partial charge in [-0.25, -0.2) is 8.42 Å². The first-order valence-electron chi connectivity index (χ1n) is 10.8. The van der Waals surface area contributed by atoms with Gasteiger partial charge in [0.25, 0.3) is 15.9 Å². The molecule has 10 heteroatoms. The highest BCUT2D eigenvalue weighted by atomic mass is 32.2. The molecule has 9 nitrogen and oxygen atoms in total. The molecule has 0 saturated heterocycles. The predicted molar refractivity (Wildman–Crippen MR) is 133 cm³/mol. The molecule has 184 valence electrons. The minimum Gasteiger partial charge on any atom is -0.497 e. The fourth-order valence-electron chi connectivity index (χ4n) is 3.29. The summed E-state index contributed by atoms with van der Waals surface area (Å²) in [6.45, 7) is 1.88. The number of amides is 2. The molecule has 0 saturated carbocycles. The number of benzene rings is 3. The molecule has 0 bridgehead atoms. The molecule has 0 heterocycles. The summed E-state index contributed by atoms with van der Waals surface area (Å²) in [5.74, 6) is 0.221. The smallest absolute Gasteiger partial charge is 0.262 e. The van der Waals surface area contributed by atoms with E-state index in [1.807, 2.05) is 0 Å². The van der Waals surface area contributed by atoms with Crippen LogP contribution in [-0.2, 0) is 14.8 Å². The Hall–Kier alpha value is -4.05. The minimum atomic E-state index is -3.90. The van der Waals surface area contributed by atoms with E-state index in [-0.39, 0.29) is 22.9 Å². The molecule has 0 radical (unpaired) electrons. The van der Waals surface area contributed by atoms with Crippen molar-refractivity contribution >= 4 is 33.2 Å². The second-order valence-corrected chi connectivity index (χ2v) is 9.11.